The van der Waals surface area contributed by atoms with Gasteiger partial charge in [0.2, 0.25) is 6.29 Å². The van der Waals surface area contributed by atoms with E-state index in [0.29, 0.717) is 0 Å². The van der Waals surface area contributed by atoms with Gasteiger partial charge in [-0.15, -0.1) is 0 Å². The highest BCUT2D eigenvalue weighted by molar-refractivity contribution is 5.67. The minimum atomic E-state index is -0.842. The monoisotopic (exact) mass is 291 g/mol. The first-order chi connectivity index (χ1) is 9.44. The predicted octanol–water partition coefficient (Wildman–Crippen LogP) is 0.911. The molecule has 20 heavy (non-hydrogen) atoms. The van der Waals surface area contributed by atoms with E-state index in [-0.39, 0.29) is 24.4 Å². The van der Waals surface area contributed by atoms with Crippen LogP contribution in [0, 0.1) is 0 Å². The van der Waals surface area contributed by atoms with Crippen molar-refractivity contribution in [2.45, 2.75) is 57.5 Å². The van der Waals surface area contributed by atoms with Gasteiger partial charge >= 0.3 is 6.09 Å². The summed E-state index contributed by atoms with van der Waals surface area (Å²) in [4.78, 5) is 11.7. The molecule has 0 bridgehead atoms. The molecule has 0 aromatic carbocycles. The Morgan fingerprint density at radius 2 is 1.60 bits per heavy atom. The highest BCUT2D eigenvalue weighted by atomic mass is 16.7. The van der Waals surface area contributed by atoms with Crippen LogP contribution < -0.4 is 5.32 Å². The molecule has 1 heterocycles. The average molecular weight is 291 g/mol. The van der Waals surface area contributed by atoms with Crippen molar-refractivity contribution in [1.29, 1.82) is 0 Å². The molecule has 1 fully saturated rings. The Kier molecular flexibility index (Phi) is 6.67. The van der Waals surface area contributed by atoms with Crippen LogP contribution in [-0.4, -0.2) is 64.2 Å². The summed E-state index contributed by atoms with van der Waals surface area (Å²) in [6, 6.07) is -0.0190. The van der Waals surface area contributed by atoms with Crippen LogP contribution in [0.4, 0.5) is 4.79 Å². The molecule has 3 unspecified atom stereocenters. The number of hydrogen-bond donors (Lipinski definition) is 1. The van der Waals surface area contributed by atoms with Crippen LogP contribution >= 0.6 is 0 Å². The van der Waals surface area contributed by atoms with Crippen LogP contribution in [0.5, 0.6) is 0 Å². The number of methoxy groups -OCH3 is 3. The number of ether oxygens (including phenoxy) is 5. The SMILES string of the molecule is COC1C(OC)[C@@H](OC)C(C)O[C@H]1OC(=O)NC(C)C. The van der Waals surface area contributed by atoms with Gasteiger partial charge < -0.3 is 29.0 Å². The van der Waals surface area contributed by atoms with Crippen LogP contribution in [0.1, 0.15) is 20.8 Å². The normalized spacial score (nSPS) is 34.0. The lowest BCUT2D eigenvalue weighted by atomic mass is 9.99. The number of hydrogen-bond acceptors (Lipinski definition) is 6. The summed E-state index contributed by atoms with van der Waals surface area (Å²) in [6.07, 6.45) is -2.91. The van der Waals surface area contributed by atoms with Gasteiger partial charge in [0.25, 0.3) is 0 Å². The Morgan fingerprint density at radius 1 is 1.05 bits per heavy atom. The summed E-state index contributed by atoms with van der Waals surface area (Å²) < 4.78 is 27.1. The molecule has 1 N–H and O–H groups in total. The molecule has 0 spiro atoms. The van der Waals surface area contributed by atoms with Crippen molar-refractivity contribution in [2.75, 3.05) is 21.3 Å². The number of rotatable bonds is 5. The zero-order valence-corrected chi connectivity index (χ0v) is 12.9. The molecule has 5 atom stereocenters. The lowest BCUT2D eigenvalue weighted by Gasteiger charge is -2.43. The van der Waals surface area contributed by atoms with Crippen molar-refractivity contribution in [2.24, 2.45) is 0 Å². The molecule has 1 aliphatic heterocycles. The number of carbonyl (C=O) groups is 1. The predicted molar refractivity (Wildman–Crippen MR) is 71.5 cm³/mol. The molecule has 0 aliphatic carbocycles. The van der Waals surface area contributed by atoms with Gasteiger partial charge in [-0.1, -0.05) is 0 Å². The molecule has 1 amide bonds. The maximum Gasteiger partial charge on any atom is 0.409 e. The van der Waals surface area contributed by atoms with E-state index in [1.807, 2.05) is 20.8 Å². The van der Waals surface area contributed by atoms with Gasteiger partial charge in [-0.2, -0.15) is 0 Å². The van der Waals surface area contributed by atoms with Crippen molar-refractivity contribution in [1.82, 2.24) is 5.32 Å². The second-order valence-electron chi connectivity index (χ2n) is 5.01. The molecule has 7 nitrogen and oxygen atoms in total. The van der Waals surface area contributed by atoms with E-state index in [1.54, 1.807) is 14.2 Å². The Hall–Kier alpha value is -0.890. The smallest absolute Gasteiger partial charge is 0.409 e. The van der Waals surface area contributed by atoms with Crippen molar-refractivity contribution < 1.29 is 28.5 Å². The van der Waals surface area contributed by atoms with Gasteiger partial charge in [0.1, 0.15) is 18.3 Å². The van der Waals surface area contributed by atoms with Gasteiger partial charge in [0, 0.05) is 27.4 Å². The Balaban J connectivity index is 2.77. The highest BCUT2D eigenvalue weighted by Gasteiger charge is 2.47. The molecule has 0 aromatic rings. The quantitative estimate of drug-likeness (QED) is 0.811. The summed E-state index contributed by atoms with van der Waals surface area (Å²) >= 11 is 0. The van der Waals surface area contributed by atoms with Gasteiger partial charge in [-0.3, -0.25) is 0 Å². The Morgan fingerprint density at radius 3 is 2.05 bits per heavy atom. The van der Waals surface area contributed by atoms with E-state index in [9.17, 15) is 4.79 Å². The zero-order chi connectivity index (χ0) is 15.3. The van der Waals surface area contributed by atoms with E-state index < -0.39 is 18.5 Å². The summed E-state index contributed by atoms with van der Waals surface area (Å²) in [5.41, 5.74) is 0. The molecule has 0 aromatic heterocycles. The van der Waals surface area contributed by atoms with E-state index in [2.05, 4.69) is 5.32 Å². The van der Waals surface area contributed by atoms with Crippen molar-refractivity contribution in [3.05, 3.63) is 0 Å². The minimum absolute atomic E-state index is 0.0190. The molecule has 7 heteroatoms. The van der Waals surface area contributed by atoms with Gasteiger partial charge in [0.05, 0.1) is 6.10 Å². The van der Waals surface area contributed by atoms with E-state index in [4.69, 9.17) is 23.7 Å². The van der Waals surface area contributed by atoms with Crippen molar-refractivity contribution in [3.63, 3.8) is 0 Å². The number of amides is 1. The van der Waals surface area contributed by atoms with Crippen molar-refractivity contribution >= 4 is 6.09 Å². The van der Waals surface area contributed by atoms with Crippen LogP contribution in [0.3, 0.4) is 0 Å². The first-order valence-corrected chi connectivity index (χ1v) is 6.65. The second-order valence-corrected chi connectivity index (χ2v) is 5.01. The van der Waals surface area contributed by atoms with Crippen molar-refractivity contribution in [3.8, 4) is 0 Å². The summed E-state index contributed by atoms with van der Waals surface area (Å²) in [5, 5.41) is 2.64. The molecule has 0 saturated carbocycles. The molecular formula is C13H25NO6. The lowest BCUT2D eigenvalue weighted by molar-refractivity contribution is -0.289. The summed E-state index contributed by atoms with van der Waals surface area (Å²) in [5.74, 6) is 0. The number of alkyl carbamates (subject to hydrolysis) is 1. The fourth-order valence-electron chi connectivity index (χ4n) is 2.28. The summed E-state index contributed by atoms with van der Waals surface area (Å²) in [6.45, 7) is 5.53. The first-order valence-electron chi connectivity index (χ1n) is 6.65. The fraction of sp³-hybridized carbons (Fsp3) is 0.923. The van der Waals surface area contributed by atoms with E-state index in [0.717, 1.165) is 0 Å². The van der Waals surface area contributed by atoms with Crippen LogP contribution in [-0.2, 0) is 23.7 Å². The average Bonchev–Trinajstić information content (AvgIpc) is 2.36. The fourth-order valence-corrected chi connectivity index (χ4v) is 2.28. The van der Waals surface area contributed by atoms with Crippen LogP contribution in [0.25, 0.3) is 0 Å². The van der Waals surface area contributed by atoms with E-state index in [1.165, 1.54) is 7.11 Å². The molecule has 1 rings (SSSR count). The highest BCUT2D eigenvalue weighted by Crippen LogP contribution is 2.27. The topological polar surface area (TPSA) is 75.2 Å². The third-order valence-corrected chi connectivity index (χ3v) is 3.17. The van der Waals surface area contributed by atoms with Crippen LogP contribution in [0.2, 0.25) is 0 Å². The van der Waals surface area contributed by atoms with Gasteiger partial charge in [-0.25, -0.2) is 4.79 Å². The Labute approximate surface area is 119 Å². The second kappa shape index (κ2) is 7.78. The Bertz CT molecular complexity index is 311. The maximum absolute atomic E-state index is 11.7. The molecule has 118 valence electrons. The molecule has 0 radical (unpaired) electrons. The third-order valence-electron chi connectivity index (χ3n) is 3.17. The first kappa shape index (κ1) is 17.2. The molecular weight excluding hydrogens is 266 g/mol. The minimum Gasteiger partial charge on any atom is -0.417 e. The molecule has 1 saturated heterocycles. The maximum atomic E-state index is 11.7. The third kappa shape index (κ3) is 4.05. The largest absolute Gasteiger partial charge is 0.417 e. The number of nitrogens with one attached hydrogen (secondary N) is 1. The number of carbonyl (C=O) groups excluding carboxylic acids is 1. The van der Waals surface area contributed by atoms with Gasteiger partial charge in [-0.05, 0) is 20.8 Å². The van der Waals surface area contributed by atoms with E-state index >= 15 is 0 Å². The molecule has 1 aliphatic rings. The standard InChI is InChI=1S/C13H25NO6/c1-7(2)14-13(15)20-12-11(18-6)10(17-5)9(16-4)8(3)19-12/h7-12H,1-6H3,(H,14,15)/t8?,9-,10?,11?,12-/m0/s1. The zero-order valence-electron chi connectivity index (χ0n) is 12.9. The van der Waals surface area contributed by atoms with Gasteiger partial charge in [0.15, 0.2) is 0 Å². The summed E-state index contributed by atoms with van der Waals surface area (Å²) in [7, 11) is 4.65. The lowest BCUT2D eigenvalue weighted by Crippen LogP contribution is -2.60. The van der Waals surface area contributed by atoms with Crippen LogP contribution in [0.15, 0.2) is 0 Å².